The Bertz CT molecular complexity index is 1060. The second-order valence-corrected chi connectivity index (χ2v) is 9.15. The van der Waals surface area contributed by atoms with Crippen LogP contribution >= 0.6 is 0 Å². The first-order valence-corrected chi connectivity index (χ1v) is 12.2. The quantitative estimate of drug-likeness (QED) is 0.357. The van der Waals surface area contributed by atoms with Crippen LogP contribution in [0.25, 0.3) is 6.08 Å². The zero-order chi connectivity index (χ0) is 26.0. The highest BCUT2D eigenvalue weighted by molar-refractivity contribution is 5.92. The lowest BCUT2D eigenvalue weighted by molar-refractivity contribution is -0.115. The summed E-state index contributed by atoms with van der Waals surface area (Å²) in [6.07, 6.45) is 5.58. The van der Waals surface area contributed by atoms with Crippen molar-refractivity contribution in [3.05, 3.63) is 83.4 Å². The molecule has 0 saturated carbocycles. The van der Waals surface area contributed by atoms with Gasteiger partial charge in [0.1, 0.15) is 5.82 Å². The predicted molar refractivity (Wildman–Crippen MR) is 146 cm³/mol. The van der Waals surface area contributed by atoms with Crippen molar-refractivity contribution in [1.29, 1.82) is 0 Å². The molecule has 0 aliphatic heterocycles. The smallest absolute Gasteiger partial charge is 0.228 e. The largest absolute Gasteiger partial charge is 0.379 e. The zero-order valence-corrected chi connectivity index (χ0v) is 21.8. The molecule has 0 spiro atoms. The van der Waals surface area contributed by atoms with Crippen molar-refractivity contribution in [2.75, 3.05) is 18.9 Å². The van der Waals surface area contributed by atoms with Crippen molar-refractivity contribution in [2.24, 2.45) is 10.9 Å². The maximum absolute atomic E-state index is 14.0. The van der Waals surface area contributed by atoms with E-state index in [0.717, 1.165) is 17.8 Å². The van der Waals surface area contributed by atoms with Gasteiger partial charge in [-0.2, -0.15) is 0 Å². The first-order valence-electron chi connectivity index (χ1n) is 12.2. The van der Waals surface area contributed by atoms with E-state index in [1.807, 2.05) is 37.5 Å². The van der Waals surface area contributed by atoms with Gasteiger partial charge in [-0.05, 0) is 56.0 Å². The standard InChI is InChI=1S/C29H39FN4O/c1-8-24-14-13-23(15-27(24)30)16-29(35)33-26-12-10-11-25(17-26)22(6)32-21(5)18-31-28(20(3)4)19-34(7)9-2/h8,10-15,17-22,32H,1,9,16H2,2-7H3,(H,33,35)/b28-19+,31-18?/t21?,22-/m0/s1. The van der Waals surface area contributed by atoms with E-state index in [-0.39, 0.29) is 30.2 Å². The van der Waals surface area contributed by atoms with Gasteiger partial charge in [-0.25, -0.2) is 4.39 Å². The molecule has 2 aromatic rings. The second-order valence-electron chi connectivity index (χ2n) is 9.15. The zero-order valence-electron chi connectivity index (χ0n) is 21.8. The van der Waals surface area contributed by atoms with Crippen LogP contribution in [0.3, 0.4) is 0 Å². The van der Waals surface area contributed by atoms with Gasteiger partial charge < -0.3 is 15.5 Å². The Hall–Kier alpha value is -3.25. The Labute approximate surface area is 209 Å². The van der Waals surface area contributed by atoms with Crippen LogP contribution in [0.2, 0.25) is 0 Å². The summed E-state index contributed by atoms with van der Waals surface area (Å²) in [6.45, 7) is 15.1. The molecule has 2 rings (SSSR count). The molecular weight excluding hydrogens is 439 g/mol. The van der Waals surface area contributed by atoms with Gasteiger partial charge in [-0.15, -0.1) is 0 Å². The van der Waals surface area contributed by atoms with E-state index in [0.29, 0.717) is 22.7 Å². The highest BCUT2D eigenvalue weighted by Crippen LogP contribution is 2.19. The number of hydrogen-bond donors (Lipinski definition) is 2. The average molecular weight is 479 g/mol. The van der Waals surface area contributed by atoms with Crippen LogP contribution in [-0.4, -0.2) is 36.7 Å². The summed E-state index contributed by atoms with van der Waals surface area (Å²) in [7, 11) is 2.05. The van der Waals surface area contributed by atoms with Crippen molar-refractivity contribution in [3.8, 4) is 0 Å². The highest BCUT2D eigenvalue weighted by Gasteiger charge is 2.11. The SMILES string of the molecule is C=Cc1ccc(CC(=O)Nc2cccc([C@H](C)NC(C)C=N/C(=C/N(C)CC)C(C)C)c2)cc1F. The summed E-state index contributed by atoms with van der Waals surface area (Å²) in [6, 6.07) is 12.6. The molecule has 0 radical (unpaired) electrons. The maximum Gasteiger partial charge on any atom is 0.228 e. The van der Waals surface area contributed by atoms with Gasteiger partial charge >= 0.3 is 0 Å². The van der Waals surface area contributed by atoms with E-state index in [1.165, 1.54) is 12.1 Å². The Morgan fingerprint density at radius 2 is 1.91 bits per heavy atom. The van der Waals surface area contributed by atoms with Gasteiger partial charge in [0, 0.05) is 49.3 Å². The number of allylic oxidation sites excluding steroid dienone is 1. The number of aliphatic imine (C=N–C) groups is 1. The minimum Gasteiger partial charge on any atom is -0.379 e. The number of halogens is 1. The summed E-state index contributed by atoms with van der Waals surface area (Å²) in [5.41, 5.74) is 3.84. The van der Waals surface area contributed by atoms with Gasteiger partial charge in [-0.1, -0.05) is 50.8 Å². The minimum absolute atomic E-state index is 0.0543. The molecule has 0 heterocycles. The normalized spacial score (nSPS) is 13.7. The van der Waals surface area contributed by atoms with Gasteiger partial charge in [0.25, 0.3) is 0 Å². The number of benzene rings is 2. The van der Waals surface area contributed by atoms with E-state index >= 15 is 0 Å². The molecule has 6 heteroatoms. The molecule has 2 atom stereocenters. The fraction of sp³-hybridized carbons (Fsp3) is 0.379. The van der Waals surface area contributed by atoms with Crippen LogP contribution in [0.5, 0.6) is 0 Å². The fourth-order valence-corrected chi connectivity index (χ4v) is 3.50. The molecule has 0 fully saturated rings. The number of hydrogen-bond acceptors (Lipinski definition) is 4. The number of nitrogens with one attached hydrogen (secondary N) is 2. The highest BCUT2D eigenvalue weighted by atomic mass is 19.1. The number of carbonyl (C=O) groups is 1. The summed E-state index contributed by atoms with van der Waals surface area (Å²) in [4.78, 5) is 19.4. The van der Waals surface area contributed by atoms with E-state index in [4.69, 9.17) is 4.99 Å². The van der Waals surface area contributed by atoms with Crippen molar-refractivity contribution in [1.82, 2.24) is 10.2 Å². The van der Waals surface area contributed by atoms with E-state index in [1.54, 1.807) is 12.1 Å². The third kappa shape index (κ3) is 9.13. The van der Waals surface area contributed by atoms with Gasteiger partial charge in [0.05, 0.1) is 12.1 Å². The van der Waals surface area contributed by atoms with Gasteiger partial charge in [0.15, 0.2) is 0 Å². The summed E-state index contributed by atoms with van der Waals surface area (Å²) >= 11 is 0. The summed E-state index contributed by atoms with van der Waals surface area (Å²) in [5, 5.41) is 6.46. The molecule has 5 nitrogen and oxygen atoms in total. The van der Waals surface area contributed by atoms with Crippen LogP contribution < -0.4 is 10.6 Å². The molecule has 0 saturated heterocycles. The fourth-order valence-electron chi connectivity index (χ4n) is 3.50. The third-order valence-corrected chi connectivity index (χ3v) is 5.72. The molecule has 0 aliphatic carbocycles. The number of rotatable bonds is 12. The average Bonchev–Trinajstić information content (AvgIpc) is 2.81. The molecule has 1 unspecified atom stereocenters. The van der Waals surface area contributed by atoms with Crippen LogP contribution in [0.4, 0.5) is 10.1 Å². The monoisotopic (exact) mass is 478 g/mol. The Morgan fingerprint density at radius 1 is 1.17 bits per heavy atom. The molecule has 35 heavy (non-hydrogen) atoms. The van der Waals surface area contributed by atoms with Crippen molar-refractivity contribution in [3.63, 3.8) is 0 Å². The number of nitrogens with zero attached hydrogens (tertiary/aromatic N) is 2. The van der Waals surface area contributed by atoms with Crippen LogP contribution in [0.1, 0.15) is 57.4 Å². The first kappa shape index (κ1) is 28.0. The lowest BCUT2D eigenvalue weighted by Gasteiger charge is -2.19. The number of carbonyl (C=O) groups excluding carboxylic acids is 1. The predicted octanol–water partition coefficient (Wildman–Crippen LogP) is 6.21. The molecule has 1 amide bonds. The Kier molecular flexibility index (Phi) is 10.9. The molecule has 0 aromatic heterocycles. The molecular formula is C29H39FN4O. The molecule has 0 bridgehead atoms. The molecule has 0 aliphatic rings. The van der Waals surface area contributed by atoms with E-state index < -0.39 is 0 Å². The lowest BCUT2D eigenvalue weighted by atomic mass is 10.1. The third-order valence-electron chi connectivity index (χ3n) is 5.72. The molecule has 2 aromatic carbocycles. The van der Waals surface area contributed by atoms with Gasteiger partial charge in [0.2, 0.25) is 5.91 Å². The Balaban J connectivity index is 1.99. The van der Waals surface area contributed by atoms with Crippen LogP contribution in [-0.2, 0) is 11.2 Å². The van der Waals surface area contributed by atoms with Gasteiger partial charge in [-0.3, -0.25) is 9.79 Å². The summed E-state index contributed by atoms with van der Waals surface area (Å²) in [5.74, 6) is -0.237. The first-order chi connectivity index (χ1) is 16.6. The van der Waals surface area contributed by atoms with Crippen molar-refractivity contribution < 1.29 is 9.18 Å². The maximum atomic E-state index is 14.0. The van der Waals surface area contributed by atoms with Crippen molar-refractivity contribution >= 4 is 23.9 Å². The van der Waals surface area contributed by atoms with Crippen LogP contribution in [0.15, 0.2) is 65.9 Å². The lowest BCUT2D eigenvalue weighted by Crippen LogP contribution is -2.30. The topological polar surface area (TPSA) is 56.7 Å². The van der Waals surface area contributed by atoms with Crippen LogP contribution in [0, 0.1) is 11.7 Å². The Morgan fingerprint density at radius 3 is 2.54 bits per heavy atom. The number of anilines is 1. The van der Waals surface area contributed by atoms with E-state index in [9.17, 15) is 9.18 Å². The van der Waals surface area contributed by atoms with E-state index in [2.05, 4.69) is 62.9 Å². The minimum atomic E-state index is -0.377. The molecule has 188 valence electrons. The summed E-state index contributed by atoms with van der Waals surface area (Å²) < 4.78 is 14.0. The second kappa shape index (κ2) is 13.6. The number of amides is 1. The van der Waals surface area contributed by atoms with Crippen molar-refractivity contribution in [2.45, 2.75) is 53.1 Å². The molecule has 2 N–H and O–H groups in total.